The molecule has 0 aliphatic rings. The number of hydrogen-bond donors (Lipinski definition) is 1. The summed E-state index contributed by atoms with van der Waals surface area (Å²) in [5, 5.41) is 19.8. The number of allylic oxidation sites excluding steroid dienone is 1. The fourth-order valence-corrected chi connectivity index (χ4v) is 1.13. The molecule has 0 atom stereocenters. The summed E-state index contributed by atoms with van der Waals surface area (Å²) in [4.78, 5) is 9.58. The van der Waals surface area contributed by atoms with Gasteiger partial charge in [-0.3, -0.25) is 10.1 Å². The van der Waals surface area contributed by atoms with Gasteiger partial charge in [-0.25, -0.2) is 4.39 Å². The van der Waals surface area contributed by atoms with Crippen LogP contribution in [0.15, 0.2) is 18.2 Å². The smallest absolute Gasteiger partial charge is 0.314 e. The van der Waals surface area contributed by atoms with Crippen molar-refractivity contribution in [1.82, 2.24) is 0 Å². The van der Waals surface area contributed by atoms with Crippen LogP contribution >= 0.6 is 11.6 Å². The number of nitro groups is 1. The first-order valence-corrected chi connectivity index (χ1v) is 4.49. The molecule has 0 heterocycles. The van der Waals surface area contributed by atoms with Gasteiger partial charge >= 0.3 is 5.69 Å². The van der Waals surface area contributed by atoms with E-state index in [1.54, 1.807) is 0 Å². The second-order valence-electron chi connectivity index (χ2n) is 2.68. The molecule has 6 heteroatoms. The second kappa shape index (κ2) is 4.75. The van der Waals surface area contributed by atoms with Crippen LogP contribution < -0.4 is 0 Å². The van der Waals surface area contributed by atoms with E-state index in [0.717, 1.165) is 6.07 Å². The zero-order chi connectivity index (χ0) is 11.4. The van der Waals surface area contributed by atoms with E-state index in [9.17, 15) is 19.6 Å². The molecule has 0 aliphatic heterocycles. The Kier molecular flexibility index (Phi) is 3.62. The molecule has 0 aromatic heterocycles. The van der Waals surface area contributed by atoms with Crippen molar-refractivity contribution >= 4 is 23.4 Å². The molecule has 0 saturated heterocycles. The second-order valence-corrected chi connectivity index (χ2v) is 2.99. The van der Waals surface area contributed by atoms with Gasteiger partial charge in [0.1, 0.15) is 5.82 Å². The normalized spacial score (nSPS) is 10.8. The van der Waals surface area contributed by atoms with Crippen molar-refractivity contribution < 1.29 is 14.4 Å². The minimum atomic E-state index is -0.851. The van der Waals surface area contributed by atoms with Crippen molar-refractivity contribution in [2.75, 3.05) is 5.88 Å². The molecule has 1 aromatic rings. The fourth-order valence-electron chi connectivity index (χ4n) is 1.04. The largest absolute Gasteiger partial charge is 0.502 e. The Labute approximate surface area is 89.8 Å². The molecule has 0 amide bonds. The zero-order valence-corrected chi connectivity index (χ0v) is 8.24. The highest BCUT2D eigenvalue weighted by molar-refractivity contribution is 6.19. The average Bonchev–Trinajstić information content (AvgIpc) is 2.18. The lowest BCUT2D eigenvalue weighted by molar-refractivity contribution is -0.386. The van der Waals surface area contributed by atoms with E-state index >= 15 is 0 Å². The summed E-state index contributed by atoms with van der Waals surface area (Å²) in [6, 6.07) is 1.65. The van der Waals surface area contributed by atoms with Crippen LogP contribution in [0.1, 0.15) is 5.56 Å². The molecule has 4 nitrogen and oxygen atoms in total. The zero-order valence-electron chi connectivity index (χ0n) is 7.48. The standard InChI is InChI=1S/C9H7ClFNO3/c10-3-1-2-6-4-7(11)5-8(9(6)13)12(14)15/h1-2,4-5,13H,3H2. The summed E-state index contributed by atoms with van der Waals surface area (Å²) in [5.41, 5.74) is -0.633. The highest BCUT2D eigenvalue weighted by Crippen LogP contribution is 2.31. The summed E-state index contributed by atoms with van der Waals surface area (Å²) >= 11 is 5.35. The third kappa shape index (κ3) is 2.66. The highest BCUT2D eigenvalue weighted by atomic mass is 35.5. The first kappa shape index (κ1) is 11.5. The van der Waals surface area contributed by atoms with E-state index in [1.165, 1.54) is 12.2 Å². The van der Waals surface area contributed by atoms with Gasteiger partial charge in [0, 0.05) is 11.4 Å². The van der Waals surface area contributed by atoms with E-state index in [2.05, 4.69) is 0 Å². The van der Waals surface area contributed by atoms with Crippen LogP contribution in [0.3, 0.4) is 0 Å². The SMILES string of the molecule is O=[N+]([O-])c1cc(F)cc(C=CCCl)c1O. The molecule has 0 unspecified atom stereocenters. The molecule has 0 bridgehead atoms. The summed E-state index contributed by atoms with van der Waals surface area (Å²) < 4.78 is 12.9. The van der Waals surface area contributed by atoms with Crippen molar-refractivity contribution in [2.24, 2.45) is 0 Å². The Morgan fingerprint density at radius 3 is 2.80 bits per heavy atom. The van der Waals surface area contributed by atoms with Gasteiger partial charge in [-0.1, -0.05) is 12.2 Å². The molecular weight excluding hydrogens is 225 g/mol. The maximum absolute atomic E-state index is 12.9. The molecule has 0 radical (unpaired) electrons. The minimum absolute atomic E-state index is 0.0300. The first-order chi connectivity index (χ1) is 7.06. The molecule has 1 N–H and O–H groups in total. The molecule has 0 fully saturated rings. The number of nitro benzene ring substituents is 1. The number of halogens is 2. The maximum Gasteiger partial charge on any atom is 0.314 e. The summed E-state index contributed by atoms with van der Waals surface area (Å²) in [6.07, 6.45) is 2.76. The van der Waals surface area contributed by atoms with Crippen LogP contribution in [0.2, 0.25) is 0 Å². The predicted molar refractivity (Wildman–Crippen MR) is 54.5 cm³/mol. The third-order valence-electron chi connectivity index (χ3n) is 1.67. The Morgan fingerprint density at radius 2 is 2.27 bits per heavy atom. The van der Waals surface area contributed by atoms with Gasteiger partial charge in [0.15, 0.2) is 0 Å². The number of nitrogens with zero attached hydrogens (tertiary/aromatic N) is 1. The first-order valence-electron chi connectivity index (χ1n) is 3.95. The van der Waals surface area contributed by atoms with Crippen molar-refractivity contribution in [3.05, 3.63) is 39.7 Å². The van der Waals surface area contributed by atoms with E-state index in [4.69, 9.17) is 11.6 Å². The third-order valence-corrected chi connectivity index (χ3v) is 1.85. The highest BCUT2D eigenvalue weighted by Gasteiger charge is 2.17. The fraction of sp³-hybridized carbons (Fsp3) is 0.111. The number of hydrogen-bond acceptors (Lipinski definition) is 3. The molecule has 15 heavy (non-hydrogen) atoms. The van der Waals surface area contributed by atoms with Gasteiger partial charge in [0.2, 0.25) is 5.75 Å². The number of phenols is 1. The molecule has 0 saturated carbocycles. The number of phenolic OH excluding ortho intramolecular Hbond substituents is 1. The average molecular weight is 232 g/mol. The van der Waals surface area contributed by atoms with E-state index < -0.39 is 22.2 Å². The summed E-state index contributed by atoms with van der Waals surface area (Å²) in [6.45, 7) is 0. The van der Waals surface area contributed by atoms with Gasteiger partial charge < -0.3 is 5.11 Å². The molecule has 1 rings (SSSR count). The topological polar surface area (TPSA) is 63.4 Å². The Bertz CT molecular complexity index is 420. The van der Waals surface area contributed by atoms with Crippen LogP contribution in [-0.4, -0.2) is 15.9 Å². The Morgan fingerprint density at radius 1 is 1.60 bits per heavy atom. The van der Waals surface area contributed by atoms with Gasteiger partial charge in [0.05, 0.1) is 11.0 Å². The van der Waals surface area contributed by atoms with Crippen molar-refractivity contribution in [1.29, 1.82) is 0 Å². The number of rotatable bonds is 3. The lowest BCUT2D eigenvalue weighted by atomic mass is 10.1. The predicted octanol–water partition coefficient (Wildman–Crippen LogP) is 2.69. The van der Waals surface area contributed by atoms with Crippen LogP contribution in [0.5, 0.6) is 5.75 Å². The van der Waals surface area contributed by atoms with Crippen LogP contribution in [0, 0.1) is 15.9 Å². The molecule has 80 valence electrons. The number of benzene rings is 1. The number of aromatic hydroxyl groups is 1. The van der Waals surface area contributed by atoms with Crippen LogP contribution in [-0.2, 0) is 0 Å². The minimum Gasteiger partial charge on any atom is -0.502 e. The van der Waals surface area contributed by atoms with Crippen molar-refractivity contribution in [3.8, 4) is 5.75 Å². The van der Waals surface area contributed by atoms with Gasteiger partial charge in [-0.05, 0) is 6.07 Å². The van der Waals surface area contributed by atoms with E-state index in [0.29, 0.717) is 6.07 Å². The van der Waals surface area contributed by atoms with Gasteiger partial charge in [-0.15, -0.1) is 11.6 Å². The van der Waals surface area contributed by atoms with Crippen LogP contribution in [0.4, 0.5) is 10.1 Å². The van der Waals surface area contributed by atoms with E-state index in [1.807, 2.05) is 0 Å². The summed E-state index contributed by atoms with van der Waals surface area (Å²) in [5.74, 6) is -1.18. The maximum atomic E-state index is 12.9. The lowest BCUT2D eigenvalue weighted by Gasteiger charge is -2.00. The van der Waals surface area contributed by atoms with Crippen LogP contribution in [0.25, 0.3) is 6.08 Å². The van der Waals surface area contributed by atoms with E-state index in [-0.39, 0.29) is 11.4 Å². The Balaban J connectivity index is 3.28. The molecule has 0 spiro atoms. The number of alkyl halides is 1. The van der Waals surface area contributed by atoms with Gasteiger partial charge in [-0.2, -0.15) is 0 Å². The Hall–Kier alpha value is -1.62. The molecule has 1 aromatic carbocycles. The van der Waals surface area contributed by atoms with Gasteiger partial charge in [0.25, 0.3) is 0 Å². The molecule has 0 aliphatic carbocycles. The molecular formula is C9H7ClFNO3. The van der Waals surface area contributed by atoms with Crippen molar-refractivity contribution in [3.63, 3.8) is 0 Å². The quantitative estimate of drug-likeness (QED) is 0.494. The lowest BCUT2D eigenvalue weighted by Crippen LogP contribution is -1.92. The summed E-state index contributed by atoms with van der Waals surface area (Å²) in [7, 11) is 0. The van der Waals surface area contributed by atoms with Crippen molar-refractivity contribution in [2.45, 2.75) is 0 Å². The monoisotopic (exact) mass is 231 g/mol.